The van der Waals surface area contributed by atoms with Gasteiger partial charge in [0, 0.05) is 4.47 Å². The van der Waals surface area contributed by atoms with Gasteiger partial charge in [0.05, 0.1) is 23.4 Å². The summed E-state index contributed by atoms with van der Waals surface area (Å²) in [5.41, 5.74) is 4.57. The SMILES string of the molecule is C[C@H](Oc1cccc(Br)c1)C(=O)N/N=C\c1cnc2ccccc2n1. The first kappa shape index (κ1) is 17.0. The molecule has 0 saturated heterocycles. The van der Waals surface area contributed by atoms with E-state index in [-0.39, 0.29) is 5.91 Å². The maximum atomic E-state index is 12.0. The number of nitrogens with zero attached hydrogens (tertiary/aromatic N) is 3. The van der Waals surface area contributed by atoms with Crippen molar-refractivity contribution in [3.05, 3.63) is 64.9 Å². The lowest BCUT2D eigenvalue weighted by Gasteiger charge is -2.12. The zero-order valence-corrected chi connectivity index (χ0v) is 15.0. The van der Waals surface area contributed by atoms with Crippen LogP contribution >= 0.6 is 15.9 Å². The summed E-state index contributed by atoms with van der Waals surface area (Å²) < 4.78 is 6.45. The molecule has 0 bridgehead atoms. The number of halogens is 1. The minimum absolute atomic E-state index is 0.357. The third-order valence-corrected chi connectivity index (χ3v) is 3.81. The predicted molar refractivity (Wildman–Crippen MR) is 99.5 cm³/mol. The van der Waals surface area contributed by atoms with Gasteiger partial charge < -0.3 is 4.74 Å². The highest BCUT2D eigenvalue weighted by Gasteiger charge is 2.13. The minimum atomic E-state index is -0.686. The molecule has 1 atom stereocenters. The van der Waals surface area contributed by atoms with Crippen molar-refractivity contribution in [2.24, 2.45) is 5.10 Å². The van der Waals surface area contributed by atoms with Crippen LogP contribution in [0.15, 0.2) is 64.3 Å². The van der Waals surface area contributed by atoms with E-state index in [1.165, 1.54) is 6.21 Å². The maximum Gasteiger partial charge on any atom is 0.280 e. The fourth-order valence-electron chi connectivity index (χ4n) is 2.08. The number of nitrogens with one attached hydrogen (secondary N) is 1. The van der Waals surface area contributed by atoms with Crippen molar-refractivity contribution in [2.45, 2.75) is 13.0 Å². The molecular formula is C18H15BrN4O2. The zero-order chi connectivity index (χ0) is 17.6. The molecule has 3 aromatic rings. The quantitative estimate of drug-likeness (QED) is 0.528. The molecule has 0 saturated carbocycles. The third-order valence-electron chi connectivity index (χ3n) is 3.32. The second kappa shape index (κ2) is 7.85. The standard InChI is InChI=1S/C18H15BrN4O2/c1-12(25-15-6-4-5-13(19)9-15)18(24)23-21-11-14-10-20-16-7-2-3-8-17(16)22-14/h2-12H,1H3,(H,23,24)/b21-11-/t12-/m0/s1. The van der Waals surface area contributed by atoms with Gasteiger partial charge in [-0.2, -0.15) is 5.10 Å². The summed E-state index contributed by atoms with van der Waals surface area (Å²) in [6, 6.07) is 14.8. The highest BCUT2D eigenvalue weighted by molar-refractivity contribution is 9.10. The van der Waals surface area contributed by atoms with Crippen LogP contribution in [0.5, 0.6) is 5.75 Å². The Balaban J connectivity index is 1.59. The average molecular weight is 399 g/mol. The first-order valence-corrected chi connectivity index (χ1v) is 8.38. The molecule has 0 spiro atoms. The zero-order valence-electron chi connectivity index (χ0n) is 13.4. The Morgan fingerprint density at radius 2 is 2.04 bits per heavy atom. The van der Waals surface area contributed by atoms with Crippen molar-refractivity contribution in [1.29, 1.82) is 0 Å². The summed E-state index contributed by atoms with van der Waals surface area (Å²) in [5, 5.41) is 3.91. The maximum absolute atomic E-state index is 12.0. The monoisotopic (exact) mass is 398 g/mol. The Bertz CT molecular complexity index is 930. The van der Waals surface area contributed by atoms with Crippen LogP contribution in [0.2, 0.25) is 0 Å². The molecule has 25 heavy (non-hydrogen) atoms. The van der Waals surface area contributed by atoms with Crippen molar-refractivity contribution in [2.75, 3.05) is 0 Å². The molecule has 0 aliphatic heterocycles. The van der Waals surface area contributed by atoms with E-state index in [1.54, 1.807) is 25.3 Å². The summed E-state index contributed by atoms with van der Waals surface area (Å²) in [5.74, 6) is 0.242. The van der Waals surface area contributed by atoms with E-state index in [0.717, 1.165) is 15.5 Å². The smallest absolute Gasteiger partial charge is 0.280 e. The summed E-state index contributed by atoms with van der Waals surface area (Å²) in [6.07, 6.45) is 2.36. The number of para-hydroxylation sites is 2. The molecule has 1 aromatic heterocycles. The van der Waals surface area contributed by atoms with Gasteiger partial charge in [-0.3, -0.25) is 9.78 Å². The first-order valence-electron chi connectivity index (χ1n) is 7.59. The molecule has 1 amide bonds. The van der Waals surface area contributed by atoms with E-state index >= 15 is 0 Å². The first-order chi connectivity index (χ1) is 12.1. The summed E-state index contributed by atoms with van der Waals surface area (Å²) in [4.78, 5) is 20.7. The topological polar surface area (TPSA) is 76.5 Å². The molecule has 126 valence electrons. The lowest BCUT2D eigenvalue weighted by Crippen LogP contribution is -2.33. The van der Waals surface area contributed by atoms with Crippen LogP contribution in [-0.4, -0.2) is 28.2 Å². The lowest BCUT2D eigenvalue weighted by molar-refractivity contribution is -0.127. The van der Waals surface area contributed by atoms with Gasteiger partial charge in [0.2, 0.25) is 0 Å². The van der Waals surface area contributed by atoms with Crippen molar-refractivity contribution in [3.63, 3.8) is 0 Å². The molecule has 0 fully saturated rings. The molecule has 0 aliphatic carbocycles. The number of amides is 1. The molecule has 7 heteroatoms. The lowest BCUT2D eigenvalue weighted by atomic mass is 10.3. The molecule has 0 radical (unpaired) electrons. The second-order valence-electron chi connectivity index (χ2n) is 5.24. The number of ether oxygens (including phenoxy) is 1. The van der Waals surface area contributed by atoms with Gasteiger partial charge in [-0.15, -0.1) is 0 Å². The van der Waals surface area contributed by atoms with E-state index in [9.17, 15) is 4.79 Å². The van der Waals surface area contributed by atoms with Gasteiger partial charge in [-0.05, 0) is 37.3 Å². The van der Waals surface area contributed by atoms with Gasteiger partial charge in [-0.1, -0.05) is 34.1 Å². The number of fused-ring (bicyclic) bond motifs is 1. The highest BCUT2D eigenvalue weighted by Crippen LogP contribution is 2.18. The van der Waals surface area contributed by atoms with E-state index in [0.29, 0.717) is 11.4 Å². The number of rotatable bonds is 5. The largest absolute Gasteiger partial charge is 0.481 e. The Hall–Kier alpha value is -2.80. The van der Waals surface area contributed by atoms with Gasteiger partial charge in [0.25, 0.3) is 5.91 Å². The average Bonchev–Trinajstić information content (AvgIpc) is 2.61. The molecule has 0 aliphatic rings. The second-order valence-corrected chi connectivity index (χ2v) is 6.15. The number of benzene rings is 2. The van der Waals surface area contributed by atoms with Crippen molar-refractivity contribution < 1.29 is 9.53 Å². The van der Waals surface area contributed by atoms with Crippen molar-refractivity contribution in [1.82, 2.24) is 15.4 Å². The highest BCUT2D eigenvalue weighted by atomic mass is 79.9. The van der Waals surface area contributed by atoms with Crippen LogP contribution < -0.4 is 10.2 Å². The van der Waals surface area contributed by atoms with Crippen molar-refractivity contribution in [3.8, 4) is 5.75 Å². The van der Waals surface area contributed by atoms with Gasteiger partial charge in [0.15, 0.2) is 6.10 Å². The van der Waals surface area contributed by atoms with E-state index in [1.807, 2.05) is 36.4 Å². The van der Waals surface area contributed by atoms with Gasteiger partial charge in [-0.25, -0.2) is 10.4 Å². The fraction of sp³-hybridized carbons (Fsp3) is 0.111. The van der Waals surface area contributed by atoms with E-state index in [4.69, 9.17) is 4.74 Å². The van der Waals surface area contributed by atoms with E-state index < -0.39 is 6.10 Å². The number of hydrogen-bond donors (Lipinski definition) is 1. The molecule has 6 nitrogen and oxygen atoms in total. The minimum Gasteiger partial charge on any atom is -0.481 e. The Kier molecular flexibility index (Phi) is 5.35. The van der Waals surface area contributed by atoms with Gasteiger partial charge in [0.1, 0.15) is 11.4 Å². The number of carbonyl (C=O) groups excluding carboxylic acids is 1. The van der Waals surface area contributed by atoms with Crippen LogP contribution in [0.4, 0.5) is 0 Å². The summed E-state index contributed by atoms with van der Waals surface area (Å²) >= 11 is 3.36. The van der Waals surface area contributed by atoms with Crippen LogP contribution in [0, 0.1) is 0 Å². The summed E-state index contributed by atoms with van der Waals surface area (Å²) in [6.45, 7) is 1.65. The van der Waals surface area contributed by atoms with Crippen LogP contribution in [-0.2, 0) is 4.79 Å². The molecule has 2 aromatic carbocycles. The molecular weight excluding hydrogens is 384 g/mol. The predicted octanol–water partition coefficient (Wildman–Crippen LogP) is 3.31. The Labute approximate surface area is 153 Å². The van der Waals surface area contributed by atoms with Crippen LogP contribution in [0.1, 0.15) is 12.6 Å². The third kappa shape index (κ3) is 4.60. The molecule has 0 unspecified atom stereocenters. The molecule has 3 rings (SSSR count). The molecule has 1 heterocycles. The number of hydrogen-bond acceptors (Lipinski definition) is 5. The molecule has 1 N–H and O–H groups in total. The van der Waals surface area contributed by atoms with Crippen LogP contribution in [0.3, 0.4) is 0 Å². The number of aromatic nitrogens is 2. The number of hydrazone groups is 1. The Morgan fingerprint density at radius 3 is 2.84 bits per heavy atom. The Morgan fingerprint density at radius 1 is 1.24 bits per heavy atom. The fourth-order valence-corrected chi connectivity index (χ4v) is 2.46. The van der Waals surface area contributed by atoms with E-state index in [2.05, 4.69) is 36.4 Å². The number of carbonyl (C=O) groups is 1. The van der Waals surface area contributed by atoms with Crippen molar-refractivity contribution >= 4 is 39.1 Å². The van der Waals surface area contributed by atoms with Gasteiger partial charge >= 0.3 is 0 Å². The normalized spacial score (nSPS) is 12.2. The van der Waals surface area contributed by atoms with Crippen LogP contribution in [0.25, 0.3) is 11.0 Å². The summed E-state index contributed by atoms with van der Waals surface area (Å²) in [7, 11) is 0.